The van der Waals surface area contributed by atoms with Crippen molar-refractivity contribution in [1.82, 2.24) is 5.32 Å². The van der Waals surface area contributed by atoms with Gasteiger partial charge in [-0.25, -0.2) is 0 Å². The van der Waals surface area contributed by atoms with E-state index in [4.69, 9.17) is 9.47 Å². The molecule has 0 bridgehead atoms. The number of hydrogen-bond donors (Lipinski definition) is 1. The standard InChI is InChI=1S/C18H35NO2/c1-17(2,3)16(20-5)15(19-4)14-9-12-21-18(13-14)10-7-6-8-11-18/h14-16,19H,6-13H2,1-5H3. The van der Waals surface area contributed by atoms with Gasteiger partial charge in [-0.05, 0) is 44.1 Å². The number of rotatable bonds is 4. The zero-order chi connectivity index (χ0) is 15.5. The predicted molar refractivity (Wildman–Crippen MR) is 87.6 cm³/mol. The molecule has 0 aromatic heterocycles. The molecule has 3 heteroatoms. The fourth-order valence-corrected chi connectivity index (χ4v) is 4.59. The lowest BCUT2D eigenvalue weighted by molar-refractivity contribution is -0.133. The molecule has 1 N–H and O–H groups in total. The maximum absolute atomic E-state index is 6.26. The smallest absolute Gasteiger partial charge is 0.0774 e. The maximum atomic E-state index is 6.26. The molecular formula is C18H35NO2. The molecule has 1 saturated carbocycles. The first-order valence-electron chi connectivity index (χ1n) is 8.76. The van der Waals surface area contributed by atoms with Crippen LogP contribution in [0.2, 0.25) is 0 Å². The molecule has 0 aromatic carbocycles. The van der Waals surface area contributed by atoms with E-state index in [1.54, 1.807) is 0 Å². The summed E-state index contributed by atoms with van der Waals surface area (Å²) in [5, 5.41) is 3.57. The molecule has 124 valence electrons. The predicted octanol–water partition coefficient (Wildman–Crippen LogP) is 3.77. The molecule has 1 spiro atoms. The van der Waals surface area contributed by atoms with Gasteiger partial charge in [0, 0.05) is 19.8 Å². The Kier molecular flexibility index (Phi) is 5.72. The van der Waals surface area contributed by atoms with E-state index < -0.39 is 0 Å². The Labute approximate surface area is 131 Å². The number of methoxy groups -OCH3 is 1. The van der Waals surface area contributed by atoms with Crippen LogP contribution in [0.15, 0.2) is 0 Å². The van der Waals surface area contributed by atoms with Crippen LogP contribution in [-0.2, 0) is 9.47 Å². The van der Waals surface area contributed by atoms with E-state index in [-0.39, 0.29) is 17.1 Å². The highest BCUT2D eigenvalue weighted by atomic mass is 16.5. The van der Waals surface area contributed by atoms with Gasteiger partial charge in [0.2, 0.25) is 0 Å². The third kappa shape index (κ3) is 4.00. The number of hydrogen-bond acceptors (Lipinski definition) is 3. The summed E-state index contributed by atoms with van der Waals surface area (Å²) in [4.78, 5) is 0. The molecule has 2 aliphatic rings. The number of ether oxygens (including phenoxy) is 2. The summed E-state index contributed by atoms with van der Waals surface area (Å²) in [6, 6.07) is 0.415. The van der Waals surface area contributed by atoms with Gasteiger partial charge in [-0.1, -0.05) is 40.0 Å². The largest absolute Gasteiger partial charge is 0.379 e. The minimum Gasteiger partial charge on any atom is -0.379 e. The van der Waals surface area contributed by atoms with E-state index in [0.29, 0.717) is 12.0 Å². The molecule has 1 saturated heterocycles. The average Bonchev–Trinajstić information content (AvgIpc) is 2.44. The molecule has 3 nitrogen and oxygen atoms in total. The number of likely N-dealkylation sites (N-methyl/N-ethyl adjacent to an activating group) is 1. The Morgan fingerprint density at radius 2 is 1.86 bits per heavy atom. The lowest BCUT2D eigenvalue weighted by Crippen LogP contribution is -2.54. The molecule has 0 aromatic rings. The lowest BCUT2D eigenvalue weighted by Gasteiger charge is -2.48. The van der Waals surface area contributed by atoms with Crippen LogP contribution < -0.4 is 5.32 Å². The highest BCUT2D eigenvalue weighted by Crippen LogP contribution is 2.43. The first-order chi connectivity index (χ1) is 9.92. The summed E-state index contributed by atoms with van der Waals surface area (Å²) in [5.74, 6) is 0.658. The summed E-state index contributed by atoms with van der Waals surface area (Å²) in [5.41, 5.74) is 0.326. The molecule has 1 aliphatic carbocycles. The van der Waals surface area contributed by atoms with Gasteiger partial charge in [0.15, 0.2) is 0 Å². The van der Waals surface area contributed by atoms with Crippen LogP contribution in [0.4, 0.5) is 0 Å². The summed E-state index contributed by atoms with van der Waals surface area (Å²) in [7, 11) is 3.95. The lowest BCUT2D eigenvalue weighted by atomic mass is 9.70. The van der Waals surface area contributed by atoms with Crippen molar-refractivity contribution in [3.63, 3.8) is 0 Å². The monoisotopic (exact) mass is 297 g/mol. The molecule has 0 amide bonds. The van der Waals surface area contributed by atoms with Crippen molar-refractivity contribution in [1.29, 1.82) is 0 Å². The zero-order valence-corrected chi connectivity index (χ0v) is 14.7. The second-order valence-electron chi connectivity index (χ2n) is 8.18. The molecule has 2 rings (SSSR count). The van der Waals surface area contributed by atoms with Gasteiger partial charge in [-0.3, -0.25) is 0 Å². The molecule has 1 heterocycles. The van der Waals surface area contributed by atoms with Crippen LogP contribution in [0.25, 0.3) is 0 Å². The molecule has 2 fully saturated rings. The van der Waals surface area contributed by atoms with Crippen molar-refractivity contribution >= 4 is 0 Å². The fraction of sp³-hybridized carbons (Fsp3) is 1.00. The third-order valence-electron chi connectivity index (χ3n) is 5.57. The van der Waals surface area contributed by atoms with Crippen LogP contribution >= 0.6 is 0 Å². The van der Waals surface area contributed by atoms with Crippen LogP contribution in [0.3, 0.4) is 0 Å². The SMILES string of the molecule is CNC(C1CCOC2(CCCCC2)C1)C(OC)C(C)(C)C. The first kappa shape index (κ1) is 17.2. The van der Waals surface area contributed by atoms with E-state index in [9.17, 15) is 0 Å². The molecule has 3 unspecified atom stereocenters. The van der Waals surface area contributed by atoms with Crippen molar-refractivity contribution in [3.8, 4) is 0 Å². The normalized spacial score (nSPS) is 29.3. The van der Waals surface area contributed by atoms with Crippen molar-refractivity contribution in [2.75, 3.05) is 20.8 Å². The highest BCUT2D eigenvalue weighted by molar-refractivity contribution is 4.97. The molecule has 21 heavy (non-hydrogen) atoms. The van der Waals surface area contributed by atoms with E-state index >= 15 is 0 Å². The third-order valence-corrected chi connectivity index (χ3v) is 5.57. The van der Waals surface area contributed by atoms with E-state index in [1.165, 1.54) is 38.5 Å². The Bertz CT molecular complexity index is 312. The molecular weight excluding hydrogens is 262 g/mol. The second-order valence-corrected chi connectivity index (χ2v) is 8.18. The van der Waals surface area contributed by atoms with Crippen LogP contribution in [0.1, 0.15) is 65.7 Å². The maximum Gasteiger partial charge on any atom is 0.0774 e. The van der Waals surface area contributed by atoms with Gasteiger partial charge in [0.1, 0.15) is 0 Å². The van der Waals surface area contributed by atoms with Crippen LogP contribution in [0.5, 0.6) is 0 Å². The van der Waals surface area contributed by atoms with Gasteiger partial charge < -0.3 is 14.8 Å². The summed E-state index contributed by atoms with van der Waals surface area (Å²) in [6.07, 6.45) is 9.17. The van der Waals surface area contributed by atoms with Gasteiger partial charge in [0.05, 0.1) is 11.7 Å². The molecule has 1 aliphatic heterocycles. The minimum atomic E-state index is 0.153. The summed E-state index contributed by atoms with van der Waals surface area (Å²) < 4.78 is 12.2. The van der Waals surface area contributed by atoms with E-state index in [1.807, 2.05) is 7.11 Å². The van der Waals surface area contributed by atoms with Gasteiger partial charge in [0.25, 0.3) is 0 Å². The van der Waals surface area contributed by atoms with Crippen molar-refractivity contribution in [2.24, 2.45) is 11.3 Å². The highest BCUT2D eigenvalue weighted by Gasteiger charge is 2.44. The average molecular weight is 297 g/mol. The van der Waals surface area contributed by atoms with Crippen LogP contribution in [0, 0.1) is 11.3 Å². The minimum absolute atomic E-state index is 0.153. The summed E-state index contributed by atoms with van der Waals surface area (Å²) in [6.45, 7) is 7.76. The summed E-state index contributed by atoms with van der Waals surface area (Å²) >= 11 is 0. The van der Waals surface area contributed by atoms with Crippen molar-refractivity contribution in [2.45, 2.75) is 83.5 Å². The topological polar surface area (TPSA) is 30.5 Å². The fourth-order valence-electron chi connectivity index (χ4n) is 4.59. The second kappa shape index (κ2) is 6.97. The van der Waals surface area contributed by atoms with Gasteiger partial charge in [-0.2, -0.15) is 0 Å². The number of nitrogens with one attached hydrogen (secondary N) is 1. The Balaban J connectivity index is 2.10. The molecule has 0 radical (unpaired) electrons. The van der Waals surface area contributed by atoms with Crippen LogP contribution in [-0.4, -0.2) is 38.5 Å². The Morgan fingerprint density at radius 3 is 2.38 bits per heavy atom. The van der Waals surface area contributed by atoms with Gasteiger partial charge in [-0.15, -0.1) is 0 Å². The van der Waals surface area contributed by atoms with E-state index in [0.717, 1.165) is 13.0 Å². The first-order valence-corrected chi connectivity index (χ1v) is 8.76. The van der Waals surface area contributed by atoms with E-state index in [2.05, 4.69) is 33.1 Å². The molecule has 3 atom stereocenters. The zero-order valence-electron chi connectivity index (χ0n) is 14.7. The quantitative estimate of drug-likeness (QED) is 0.857. The Morgan fingerprint density at radius 1 is 1.19 bits per heavy atom. The Hall–Kier alpha value is -0.120. The van der Waals surface area contributed by atoms with Crippen molar-refractivity contribution < 1.29 is 9.47 Å². The van der Waals surface area contributed by atoms with Crippen molar-refractivity contribution in [3.05, 3.63) is 0 Å². The van der Waals surface area contributed by atoms with Gasteiger partial charge >= 0.3 is 0 Å².